The van der Waals surface area contributed by atoms with Crippen molar-refractivity contribution in [1.29, 1.82) is 0 Å². The van der Waals surface area contributed by atoms with E-state index in [1.54, 1.807) is 20.8 Å². The number of hydrogen-bond donors (Lipinski definition) is 3. The van der Waals surface area contributed by atoms with E-state index in [0.717, 1.165) is 18.2 Å². The van der Waals surface area contributed by atoms with E-state index in [-0.39, 0.29) is 24.1 Å². The van der Waals surface area contributed by atoms with Gasteiger partial charge in [-0.2, -0.15) is 0 Å². The van der Waals surface area contributed by atoms with Crippen LogP contribution in [0.1, 0.15) is 38.8 Å². The zero-order valence-corrected chi connectivity index (χ0v) is 12.9. The van der Waals surface area contributed by atoms with E-state index in [4.69, 9.17) is 0 Å². The van der Waals surface area contributed by atoms with E-state index in [9.17, 15) is 18.4 Å². The lowest BCUT2D eigenvalue weighted by Gasteiger charge is -2.18. The fraction of sp³-hybridized carbons (Fsp3) is 0.467. The molecule has 1 atom stereocenters. The number of carbonyl (C=O) groups excluding carboxylic acids is 2. The largest absolute Gasteiger partial charge is 0.352 e. The molecule has 0 bridgehead atoms. The molecule has 5 nitrogen and oxygen atoms in total. The maximum atomic E-state index is 13.7. The van der Waals surface area contributed by atoms with Gasteiger partial charge in [0.2, 0.25) is 5.91 Å². The number of carbonyl (C=O) groups is 2. The molecule has 0 aliphatic carbocycles. The summed E-state index contributed by atoms with van der Waals surface area (Å²) in [6.07, 6.45) is 0.381. The highest BCUT2D eigenvalue weighted by molar-refractivity contribution is 5.84. The Morgan fingerprint density at radius 3 is 2.45 bits per heavy atom. The molecule has 122 valence electrons. The second-order valence-electron chi connectivity index (χ2n) is 5.18. The van der Waals surface area contributed by atoms with E-state index in [2.05, 4.69) is 16.0 Å². The van der Waals surface area contributed by atoms with E-state index in [1.807, 2.05) is 0 Å². The molecule has 0 radical (unpaired) electrons. The monoisotopic (exact) mass is 313 g/mol. The highest BCUT2D eigenvalue weighted by Gasteiger charge is 2.17. The summed E-state index contributed by atoms with van der Waals surface area (Å²) in [6, 6.07) is 1.76. The molecule has 0 heterocycles. The van der Waals surface area contributed by atoms with Crippen molar-refractivity contribution in [3.05, 3.63) is 35.4 Å². The van der Waals surface area contributed by atoms with Gasteiger partial charge in [0.1, 0.15) is 11.6 Å². The number of nitrogens with one attached hydrogen (secondary N) is 3. The molecule has 0 fully saturated rings. The molecule has 1 rings (SSSR count). The third kappa shape index (κ3) is 5.67. The highest BCUT2D eigenvalue weighted by atomic mass is 19.1. The van der Waals surface area contributed by atoms with E-state index >= 15 is 0 Å². The van der Waals surface area contributed by atoms with Crippen molar-refractivity contribution in [2.75, 3.05) is 6.54 Å². The lowest BCUT2D eigenvalue weighted by molar-refractivity contribution is -0.120. The molecule has 3 N–H and O–H groups in total. The number of halogens is 2. The van der Waals surface area contributed by atoms with Crippen LogP contribution < -0.4 is 16.0 Å². The zero-order chi connectivity index (χ0) is 16.7. The number of hydrogen-bond acceptors (Lipinski definition) is 2. The Labute approximate surface area is 128 Å². The average Bonchev–Trinajstić information content (AvgIpc) is 2.44. The summed E-state index contributed by atoms with van der Waals surface area (Å²) in [6.45, 7) is 5.16. The van der Waals surface area contributed by atoms with Gasteiger partial charge in [-0.05, 0) is 38.5 Å². The number of urea groups is 1. The van der Waals surface area contributed by atoms with Gasteiger partial charge in [-0.3, -0.25) is 4.79 Å². The smallest absolute Gasteiger partial charge is 0.315 e. The van der Waals surface area contributed by atoms with Crippen molar-refractivity contribution in [3.63, 3.8) is 0 Å². The lowest BCUT2D eigenvalue weighted by atomic mass is 10.0. The normalized spacial score (nSPS) is 11.9. The fourth-order valence-electron chi connectivity index (χ4n) is 1.92. The Bertz CT molecular complexity index is 536. The topological polar surface area (TPSA) is 70.2 Å². The Kier molecular flexibility index (Phi) is 6.75. The molecule has 0 spiro atoms. The molecule has 0 aliphatic rings. The second-order valence-corrected chi connectivity index (χ2v) is 5.18. The van der Waals surface area contributed by atoms with Crippen LogP contribution >= 0.6 is 0 Å². The first-order valence-electron chi connectivity index (χ1n) is 7.12. The third-order valence-corrected chi connectivity index (χ3v) is 2.91. The molecular weight excluding hydrogens is 292 g/mol. The van der Waals surface area contributed by atoms with Crippen LogP contribution in [-0.4, -0.2) is 24.5 Å². The van der Waals surface area contributed by atoms with E-state index in [1.165, 1.54) is 0 Å². The average molecular weight is 313 g/mol. The first kappa shape index (κ1) is 17.9. The van der Waals surface area contributed by atoms with Gasteiger partial charge in [-0.1, -0.05) is 6.92 Å². The molecule has 0 aromatic heterocycles. The second kappa shape index (κ2) is 8.31. The van der Waals surface area contributed by atoms with Crippen LogP contribution in [0.3, 0.4) is 0 Å². The van der Waals surface area contributed by atoms with E-state index in [0.29, 0.717) is 6.42 Å². The molecule has 0 saturated carbocycles. The van der Waals surface area contributed by atoms with Gasteiger partial charge >= 0.3 is 6.03 Å². The highest BCUT2D eigenvalue weighted by Crippen LogP contribution is 2.20. The fourth-order valence-corrected chi connectivity index (χ4v) is 1.92. The zero-order valence-electron chi connectivity index (χ0n) is 12.9. The van der Waals surface area contributed by atoms with Crippen molar-refractivity contribution in [3.8, 4) is 0 Å². The minimum absolute atomic E-state index is 0.0258. The maximum absolute atomic E-state index is 13.7. The summed E-state index contributed by atoms with van der Waals surface area (Å²) < 4.78 is 26.9. The Balaban J connectivity index is 2.60. The molecule has 22 heavy (non-hydrogen) atoms. The molecule has 1 aromatic rings. The van der Waals surface area contributed by atoms with Gasteiger partial charge in [0, 0.05) is 11.6 Å². The predicted octanol–water partition coefficient (Wildman–Crippen LogP) is 2.24. The molecule has 7 heteroatoms. The van der Waals surface area contributed by atoms with Gasteiger partial charge in [0.25, 0.3) is 0 Å². The Morgan fingerprint density at radius 2 is 1.86 bits per heavy atom. The summed E-state index contributed by atoms with van der Waals surface area (Å²) in [4.78, 5) is 23.2. The first-order valence-corrected chi connectivity index (χ1v) is 7.12. The SMILES string of the molecule is CC[C@@H](NC(=O)NCC(=O)NC(C)C)c1cc(F)ccc1F. The number of rotatable bonds is 6. The Hall–Kier alpha value is -2.18. The third-order valence-electron chi connectivity index (χ3n) is 2.91. The molecule has 1 aromatic carbocycles. The lowest BCUT2D eigenvalue weighted by Crippen LogP contribution is -2.44. The van der Waals surface area contributed by atoms with Crippen LogP contribution in [0.2, 0.25) is 0 Å². The molecule has 3 amide bonds. The Morgan fingerprint density at radius 1 is 1.18 bits per heavy atom. The van der Waals surface area contributed by atoms with Crippen molar-refractivity contribution in [2.24, 2.45) is 0 Å². The quantitative estimate of drug-likeness (QED) is 0.754. The predicted molar refractivity (Wildman–Crippen MR) is 79.2 cm³/mol. The standard InChI is InChI=1S/C15H21F2N3O2/c1-4-13(11-7-10(16)5-6-12(11)17)20-15(22)18-8-14(21)19-9(2)3/h5-7,9,13H,4,8H2,1-3H3,(H,19,21)(H2,18,20,22)/t13-/m1/s1. The maximum Gasteiger partial charge on any atom is 0.315 e. The van der Waals surface area contributed by atoms with E-state index < -0.39 is 23.7 Å². The van der Waals surface area contributed by atoms with Crippen molar-refractivity contribution >= 4 is 11.9 Å². The van der Waals surface area contributed by atoms with Crippen molar-refractivity contribution < 1.29 is 18.4 Å². The molecule has 0 saturated heterocycles. The van der Waals surface area contributed by atoms with Crippen LogP contribution in [0.5, 0.6) is 0 Å². The summed E-state index contributed by atoms with van der Waals surface area (Å²) in [5.41, 5.74) is 0.0734. The number of benzene rings is 1. The van der Waals surface area contributed by atoms with Crippen LogP contribution in [0.25, 0.3) is 0 Å². The number of amides is 3. The summed E-state index contributed by atoms with van der Waals surface area (Å²) in [5, 5.41) is 7.52. The van der Waals surface area contributed by atoms with Gasteiger partial charge in [0.05, 0.1) is 12.6 Å². The van der Waals surface area contributed by atoms with Gasteiger partial charge in [-0.25, -0.2) is 13.6 Å². The minimum atomic E-state index is -0.677. The first-order chi connectivity index (χ1) is 10.3. The molecule has 0 aliphatic heterocycles. The van der Waals surface area contributed by atoms with Crippen molar-refractivity contribution in [1.82, 2.24) is 16.0 Å². The van der Waals surface area contributed by atoms with Crippen LogP contribution in [0.4, 0.5) is 13.6 Å². The van der Waals surface area contributed by atoms with Gasteiger partial charge in [0.15, 0.2) is 0 Å². The summed E-state index contributed by atoms with van der Waals surface area (Å²) >= 11 is 0. The van der Waals surface area contributed by atoms with Gasteiger partial charge < -0.3 is 16.0 Å². The molecular formula is C15H21F2N3O2. The summed E-state index contributed by atoms with van der Waals surface area (Å²) in [5.74, 6) is -1.49. The molecule has 0 unspecified atom stereocenters. The van der Waals surface area contributed by atoms with Crippen LogP contribution in [0.15, 0.2) is 18.2 Å². The summed E-state index contributed by atoms with van der Waals surface area (Å²) in [7, 11) is 0. The van der Waals surface area contributed by atoms with Crippen molar-refractivity contribution in [2.45, 2.75) is 39.3 Å². The van der Waals surface area contributed by atoms with Crippen LogP contribution in [-0.2, 0) is 4.79 Å². The van der Waals surface area contributed by atoms with Crippen LogP contribution in [0, 0.1) is 11.6 Å². The minimum Gasteiger partial charge on any atom is -0.352 e. The van der Waals surface area contributed by atoms with Gasteiger partial charge in [-0.15, -0.1) is 0 Å².